The molecule has 2 aromatic heterocycles. The number of alkyl halides is 3. The fraction of sp³-hybridized carbons (Fsp3) is 0.348. The molecule has 0 aliphatic heterocycles. The van der Waals surface area contributed by atoms with Gasteiger partial charge in [-0.3, -0.25) is 14.6 Å². The van der Waals surface area contributed by atoms with E-state index >= 15 is 0 Å². The van der Waals surface area contributed by atoms with Crippen LogP contribution in [0.4, 0.5) is 17.6 Å². The van der Waals surface area contributed by atoms with Crippen molar-refractivity contribution < 1.29 is 22.4 Å². The molecule has 3 unspecified atom stereocenters. The summed E-state index contributed by atoms with van der Waals surface area (Å²) in [6, 6.07) is 5.74. The highest BCUT2D eigenvalue weighted by atomic mass is 35.5. The van der Waals surface area contributed by atoms with Gasteiger partial charge in [-0.05, 0) is 54.9 Å². The number of fused-ring (bicyclic) bond motifs is 1. The average Bonchev–Trinajstić information content (AvgIpc) is 3.14. The minimum atomic E-state index is -4.16. The number of hydrogen-bond donors (Lipinski definition) is 2. The second-order valence-electron chi connectivity index (χ2n) is 8.05. The quantitative estimate of drug-likeness (QED) is 0.471. The lowest BCUT2D eigenvalue weighted by molar-refractivity contribution is -0.182. The third kappa shape index (κ3) is 5.03. The van der Waals surface area contributed by atoms with Crippen molar-refractivity contribution in [3.63, 3.8) is 0 Å². The molecule has 1 aliphatic rings. The van der Waals surface area contributed by atoms with Crippen LogP contribution in [0, 0.1) is 24.6 Å². The van der Waals surface area contributed by atoms with Gasteiger partial charge in [-0.2, -0.15) is 13.2 Å². The Morgan fingerprint density at radius 2 is 1.91 bits per heavy atom. The van der Waals surface area contributed by atoms with Crippen molar-refractivity contribution in [1.82, 2.24) is 9.97 Å². The highest BCUT2D eigenvalue weighted by molar-refractivity contribution is 6.31. The summed E-state index contributed by atoms with van der Waals surface area (Å²) in [5.41, 5.74) is 6.69. The first kappa shape index (κ1) is 24.7. The number of primary amides is 1. The number of benzene rings is 1. The van der Waals surface area contributed by atoms with E-state index in [4.69, 9.17) is 17.3 Å². The molecule has 4 rings (SSSR count). The summed E-state index contributed by atoms with van der Waals surface area (Å²) in [4.78, 5) is 29.0. The van der Waals surface area contributed by atoms with Crippen LogP contribution >= 0.6 is 11.6 Å². The van der Waals surface area contributed by atoms with Crippen molar-refractivity contribution in [2.75, 3.05) is 0 Å². The number of pyridine rings is 2. The van der Waals surface area contributed by atoms with Crippen molar-refractivity contribution in [1.29, 1.82) is 0 Å². The van der Waals surface area contributed by atoms with Crippen molar-refractivity contribution in [2.45, 2.75) is 38.8 Å². The van der Waals surface area contributed by atoms with E-state index in [1.807, 2.05) is 0 Å². The molecule has 5 nitrogen and oxygen atoms in total. The van der Waals surface area contributed by atoms with E-state index in [1.54, 1.807) is 26.0 Å². The van der Waals surface area contributed by atoms with Gasteiger partial charge in [0.1, 0.15) is 11.5 Å². The molecule has 1 fully saturated rings. The first-order valence-electron chi connectivity index (χ1n) is 10.2. The zero-order chi connectivity index (χ0) is 24.5. The summed E-state index contributed by atoms with van der Waals surface area (Å²) in [7, 11) is 0. The Balaban J connectivity index is 0.000000194. The zero-order valence-corrected chi connectivity index (χ0v) is 18.6. The molecule has 1 saturated carbocycles. The molecule has 1 aromatic carbocycles. The largest absolute Gasteiger partial charge is 0.392 e. The first-order chi connectivity index (χ1) is 15.4. The summed E-state index contributed by atoms with van der Waals surface area (Å²) in [6.45, 7) is 3.28. The first-order valence-corrected chi connectivity index (χ1v) is 10.6. The fourth-order valence-corrected chi connectivity index (χ4v) is 4.62. The summed E-state index contributed by atoms with van der Waals surface area (Å²) in [5, 5.41) is 0.252. The second kappa shape index (κ2) is 9.51. The lowest BCUT2D eigenvalue weighted by Crippen LogP contribution is -2.26. The number of rotatable bonds is 2. The molecule has 176 valence electrons. The SMILES string of the molecule is Cc1c(C2CCC(C(F)(F)F)C2C)ccc(F)c1Cl.NC(=O)c1nccc2[nH]ccc(=O)c12. The number of carbonyl (C=O) groups is 1. The number of nitrogens with one attached hydrogen (secondary N) is 1. The van der Waals surface area contributed by atoms with Gasteiger partial charge in [-0.25, -0.2) is 4.39 Å². The fourth-order valence-electron chi connectivity index (χ4n) is 4.44. The zero-order valence-electron chi connectivity index (χ0n) is 17.8. The van der Waals surface area contributed by atoms with E-state index in [0.717, 1.165) is 5.56 Å². The van der Waals surface area contributed by atoms with Crippen LogP contribution in [-0.4, -0.2) is 22.1 Å². The molecule has 3 aromatic rings. The van der Waals surface area contributed by atoms with Gasteiger partial charge in [0.2, 0.25) is 0 Å². The number of halogens is 5. The van der Waals surface area contributed by atoms with E-state index in [0.29, 0.717) is 17.5 Å². The van der Waals surface area contributed by atoms with Crippen LogP contribution in [-0.2, 0) is 0 Å². The average molecular weight is 484 g/mol. The van der Waals surface area contributed by atoms with Gasteiger partial charge in [-0.15, -0.1) is 0 Å². The van der Waals surface area contributed by atoms with Gasteiger partial charge in [0.25, 0.3) is 5.91 Å². The smallest absolute Gasteiger partial charge is 0.364 e. The second-order valence-corrected chi connectivity index (χ2v) is 8.43. The molecule has 3 atom stereocenters. The van der Waals surface area contributed by atoms with E-state index < -0.39 is 29.7 Å². The van der Waals surface area contributed by atoms with Crippen LogP contribution in [0.3, 0.4) is 0 Å². The van der Waals surface area contributed by atoms with Gasteiger partial charge in [0, 0.05) is 18.5 Å². The predicted octanol–water partition coefficient (Wildman–Crippen LogP) is 5.50. The molecule has 0 saturated heterocycles. The third-order valence-corrected chi connectivity index (χ3v) is 6.63. The lowest BCUT2D eigenvalue weighted by Gasteiger charge is -2.24. The Labute approximate surface area is 192 Å². The van der Waals surface area contributed by atoms with Crippen molar-refractivity contribution >= 4 is 28.4 Å². The molecular weight excluding hydrogens is 462 g/mol. The van der Waals surface area contributed by atoms with Gasteiger partial charge >= 0.3 is 6.18 Å². The van der Waals surface area contributed by atoms with Crippen molar-refractivity contribution in [3.05, 3.63) is 74.5 Å². The lowest BCUT2D eigenvalue weighted by atomic mass is 9.84. The number of nitrogens with zero attached hydrogens (tertiary/aromatic N) is 1. The minimum absolute atomic E-state index is 0.00403. The number of hydrogen-bond acceptors (Lipinski definition) is 3. The molecule has 3 N–H and O–H groups in total. The summed E-state index contributed by atoms with van der Waals surface area (Å²) in [6.07, 6.45) is -0.627. The number of nitrogens with two attached hydrogens (primary N) is 1. The van der Waals surface area contributed by atoms with E-state index in [9.17, 15) is 27.2 Å². The Bertz CT molecular complexity index is 1240. The van der Waals surface area contributed by atoms with E-state index in [1.165, 1.54) is 24.5 Å². The Morgan fingerprint density at radius 1 is 1.21 bits per heavy atom. The summed E-state index contributed by atoms with van der Waals surface area (Å²) < 4.78 is 51.9. The Hall–Kier alpha value is -2.94. The molecule has 1 aliphatic carbocycles. The number of aromatic nitrogens is 2. The van der Waals surface area contributed by atoms with Crippen LogP contribution in [0.25, 0.3) is 10.9 Å². The standard InChI is InChI=1S/C14H15ClF4.C9H7N3O2/c1-7-9(3-5-11(7)14(17,18)19)10-4-6-12(16)13(15)8(10)2;10-9(14)8-7-5(1-3-12-8)11-4-2-6(7)13/h4,6-7,9,11H,3,5H2,1-2H3;1-4H,(H2,10,14)(H,11,13). The maximum Gasteiger partial charge on any atom is 0.392 e. The van der Waals surface area contributed by atoms with Crippen molar-refractivity contribution in [3.8, 4) is 0 Å². The molecule has 0 spiro atoms. The van der Waals surface area contributed by atoms with Crippen LogP contribution in [0.15, 0.2) is 41.5 Å². The maximum absolute atomic E-state index is 13.3. The maximum atomic E-state index is 13.3. The molecule has 2 heterocycles. The molecule has 0 radical (unpaired) electrons. The summed E-state index contributed by atoms with van der Waals surface area (Å²) in [5.74, 6) is -3.21. The molecule has 33 heavy (non-hydrogen) atoms. The van der Waals surface area contributed by atoms with E-state index in [-0.39, 0.29) is 33.9 Å². The highest BCUT2D eigenvalue weighted by Gasteiger charge is 2.49. The van der Waals surface area contributed by atoms with Gasteiger partial charge in [-0.1, -0.05) is 24.6 Å². The number of H-pyrrole nitrogens is 1. The molecule has 10 heteroatoms. The number of amides is 1. The monoisotopic (exact) mass is 483 g/mol. The van der Waals surface area contributed by atoms with Gasteiger partial charge in [0.15, 0.2) is 5.43 Å². The summed E-state index contributed by atoms with van der Waals surface area (Å²) >= 11 is 5.84. The number of carbonyl (C=O) groups excluding carboxylic acids is 1. The molecule has 0 bridgehead atoms. The van der Waals surface area contributed by atoms with Crippen LogP contribution in [0.1, 0.15) is 47.3 Å². The third-order valence-electron chi connectivity index (χ3n) is 6.16. The molecular formula is C23H22ClF4N3O2. The van der Waals surface area contributed by atoms with Crippen molar-refractivity contribution in [2.24, 2.45) is 17.6 Å². The van der Waals surface area contributed by atoms with Gasteiger partial charge in [0.05, 0.1) is 21.8 Å². The normalized spacial score (nSPS) is 20.4. The Morgan fingerprint density at radius 3 is 2.52 bits per heavy atom. The highest BCUT2D eigenvalue weighted by Crippen LogP contribution is 2.51. The predicted molar refractivity (Wildman–Crippen MR) is 118 cm³/mol. The van der Waals surface area contributed by atoms with Crippen LogP contribution in [0.2, 0.25) is 5.02 Å². The van der Waals surface area contributed by atoms with Gasteiger partial charge < -0.3 is 10.7 Å². The van der Waals surface area contributed by atoms with Crippen LogP contribution in [0.5, 0.6) is 0 Å². The number of aromatic amines is 1. The van der Waals surface area contributed by atoms with Crippen LogP contribution < -0.4 is 11.2 Å². The van der Waals surface area contributed by atoms with E-state index in [2.05, 4.69) is 9.97 Å². The topological polar surface area (TPSA) is 88.8 Å². The Kier molecular flexibility index (Phi) is 7.11. The molecule has 1 amide bonds. The minimum Gasteiger partial charge on any atom is -0.364 e.